The number of allylic oxidation sites excluding steroid dienone is 1. The molecule has 0 aromatic carbocycles. The second-order valence-electron chi connectivity index (χ2n) is 1.28. The molecule has 0 N–H and O–H groups in total. The predicted molar refractivity (Wildman–Crippen MR) is 31.5 cm³/mol. The number of rotatable bonds is 1. The van der Waals surface area contributed by atoms with Crippen LogP contribution in [0.15, 0.2) is 22.6 Å². The van der Waals surface area contributed by atoms with Crippen molar-refractivity contribution in [1.82, 2.24) is 0 Å². The summed E-state index contributed by atoms with van der Waals surface area (Å²) in [4.78, 5) is 17.0. The van der Waals surface area contributed by atoms with Gasteiger partial charge in [-0.15, -0.1) is 0 Å². The molecule has 1 rings (SSSR count). The van der Waals surface area contributed by atoms with Crippen molar-refractivity contribution in [3.05, 3.63) is 12.7 Å². The van der Waals surface area contributed by atoms with Gasteiger partial charge in [0.1, 0.15) is 0 Å². The molecule has 1 heterocycles. The maximum atomic E-state index is 10.2. The number of hydrogen-bond donors (Lipinski definition) is 0. The zero-order valence-corrected chi connectivity index (χ0v) is 4.16. The van der Waals surface area contributed by atoms with Gasteiger partial charge < -0.3 is 0 Å². The molecule has 0 atom stereocenters. The highest BCUT2D eigenvalue weighted by atomic mass is 16.2. The van der Waals surface area contributed by atoms with E-state index in [1.54, 1.807) is 0 Å². The van der Waals surface area contributed by atoms with Gasteiger partial charge in [0.2, 0.25) is 0 Å². The van der Waals surface area contributed by atoms with Gasteiger partial charge in [-0.3, -0.25) is 0 Å². The molecular formula is C5H4N2O. The van der Waals surface area contributed by atoms with Crippen LogP contribution >= 0.6 is 0 Å². The Morgan fingerprint density at radius 2 is 2.50 bits per heavy atom. The maximum absolute atomic E-state index is 10.2. The lowest BCUT2D eigenvalue weighted by Crippen LogP contribution is -1.86. The SMILES string of the molecule is C=CC1=NC(=O)N=C1. The summed E-state index contributed by atoms with van der Waals surface area (Å²) in [7, 11) is 0. The Hall–Kier alpha value is -1.25. The lowest BCUT2D eigenvalue weighted by molar-refractivity contribution is 0.257. The highest BCUT2D eigenvalue weighted by Gasteiger charge is 2.01. The molecule has 0 aromatic rings. The molecule has 0 aromatic heterocycles. The fourth-order valence-electron chi connectivity index (χ4n) is 0.388. The molecule has 0 saturated heterocycles. The molecule has 0 fully saturated rings. The van der Waals surface area contributed by atoms with Crippen molar-refractivity contribution in [2.75, 3.05) is 0 Å². The van der Waals surface area contributed by atoms with E-state index in [9.17, 15) is 4.79 Å². The van der Waals surface area contributed by atoms with Crippen molar-refractivity contribution >= 4 is 18.0 Å². The topological polar surface area (TPSA) is 41.8 Å². The highest BCUT2D eigenvalue weighted by Crippen LogP contribution is 1.91. The lowest BCUT2D eigenvalue weighted by Gasteiger charge is -1.72. The summed E-state index contributed by atoms with van der Waals surface area (Å²) in [6.07, 6.45) is 2.86. The highest BCUT2D eigenvalue weighted by molar-refractivity contribution is 6.41. The molecule has 1 aliphatic rings. The first-order chi connectivity index (χ1) is 3.83. The summed E-state index contributed by atoms with van der Waals surface area (Å²) in [6.45, 7) is 3.40. The number of amides is 2. The van der Waals surface area contributed by atoms with Crippen LogP contribution < -0.4 is 0 Å². The molecule has 8 heavy (non-hydrogen) atoms. The van der Waals surface area contributed by atoms with Gasteiger partial charge in [-0.05, 0) is 6.08 Å². The Morgan fingerprint density at radius 3 is 2.75 bits per heavy atom. The van der Waals surface area contributed by atoms with E-state index >= 15 is 0 Å². The average molecular weight is 108 g/mol. The number of aliphatic imine (C=N–C) groups is 2. The average Bonchev–Trinajstić information content (AvgIpc) is 2.14. The number of carbonyl (C=O) groups excluding carboxylic acids is 1. The van der Waals surface area contributed by atoms with Crippen molar-refractivity contribution in [3.63, 3.8) is 0 Å². The number of carbonyl (C=O) groups is 1. The fraction of sp³-hybridized carbons (Fsp3) is 0. The summed E-state index contributed by atoms with van der Waals surface area (Å²) in [5, 5.41) is 0. The van der Waals surface area contributed by atoms with Gasteiger partial charge in [0.15, 0.2) is 0 Å². The van der Waals surface area contributed by atoms with Crippen LogP contribution in [-0.2, 0) is 0 Å². The third-order valence-corrected chi connectivity index (χ3v) is 0.741. The fourth-order valence-corrected chi connectivity index (χ4v) is 0.388. The number of urea groups is 1. The second kappa shape index (κ2) is 1.69. The molecule has 0 unspecified atom stereocenters. The quantitative estimate of drug-likeness (QED) is 0.490. The molecule has 2 amide bonds. The van der Waals surface area contributed by atoms with E-state index in [-0.39, 0.29) is 0 Å². The molecule has 0 aliphatic carbocycles. The first-order valence-corrected chi connectivity index (χ1v) is 2.12. The van der Waals surface area contributed by atoms with Gasteiger partial charge in [0, 0.05) is 0 Å². The molecule has 1 aliphatic heterocycles. The molecule has 0 spiro atoms. The van der Waals surface area contributed by atoms with Crippen molar-refractivity contribution in [2.45, 2.75) is 0 Å². The van der Waals surface area contributed by atoms with Crippen LogP contribution in [0.1, 0.15) is 0 Å². The van der Waals surface area contributed by atoms with Crippen LogP contribution in [0.4, 0.5) is 4.79 Å². The molecule has 0 bridgehead atoms. The minimum absolute atomic E-state index is 0.445. The molecule has 0 radical (unpaired) electrons. The first kappa shape index (κ1) is 4.90. The molecule has 3 nitrogen and oxygen atoms in total. The molecule has 3 heteroatoms. The van der Waals surface area contributed by atoms with Gasteiger partial charge in [-0.25, -0.2) is 4.79 Å². The minimum atomic E-state index is -0.445. The molecule has 40 valence electrons. The minimum Gasteiger partial charge on any atom is -0.244 e. The van der Waals surface area contributed by atoms with Gasteiger partial charge in [0.05, 0.1) is 11.9 Å². The number of nitrogens with zero attached hydrogens (tertiary/aromatic N) is 2. The van der Waals surface area contributed by atoms with E-state index in [0.29, 0.717) is 5.71 Å². The predicted octanol–water partition coefficient (Wildman–Crippen LogP) is 0.818. The van der Waals surface area contributed by atoms with Gasteiger partial charge >= 0.3 is 6.03 Å². The number of hydrogen-bond acceptors (Lipinski definition) is 1. The largest absolute Gasteiger partial charge is 0.367 e. The van der Waals surface area contributed by atoms with E-state index in [1.807, 2.05) is 0 Å². The third kappa shape index (κ3) is 0.703. The molecule has 0 saturated carbocycles. The van der Waals surface area contributed by atoms with Crippen molar-refractivity contribution in [1.29, 1.82) is 0 Å². The third-order valence-electron chi connectivity index (χ3n) is 0.741. The zero-order chi connectivity index (χ0) is 5.98. The van der Waals surface area contributed by atoms with Crippen LogP contribution in [0.5, 0.6) is 0 Å². The summed E-state index contributed by atoms with van der Waals surface area (Å²) >= 11 is 0. The van der Waals surface area contributed by atoms with Gasteiger partial charge in [-0.2, -0.15) is 9.98 Å². The van der Waals surface area contributed by atoms with Crippen molar-refractivity contribution < 1.29 is 4.79 Å². The smallest absolute Gasteiger partial charge is 0.244 e. The Balaban J connectivity index is 2.87. The summed E-state index contributed by atoms with van der Waals surface area (Å²) in [5.41, 5.74) is 0.537. The molecular weight excluding hydrogens is 104 g/mol. The Kier molecular flexibility index (Phi) is 1.04. The van der Waals surface area contributed by atoms with Crippen LogP contribution in [-0.4, -0.2) is 18.0 Å². The Bertz CT molecular complexity index is 191. The Morgan fingerprint density at radius 1 is 1.75 bits per heavy atom. The van der Waals surface area contributed by atoms with Crippen LogP contribution in [0.25, 0.3) is 0 Å². The van der Waals surface area contributed by atoms with Gasteiger partial charge in [0.25, 0.3) is 0 Å². The summed E-state index contributed by atoms with van der Waals surface area (Å²) in [6, 6.07) is -0.445. The summed E-state index contributed by atoms with van der Waals surface area (Å²) < 4.78 is 0. The monoisotopic (exact) mass is 108 g/mol. The standard InChI is InChI=1S/C5H4N2O/c1-2-4-3-6-5(8)7-4/h2-3H,1H2. The Labute approximate surface area is 46.5 Å². The second-order valence-corrected chi connectivity index (χ2v) is 1.28. The van der Waals surface area contributed by atoms with Gasteiger partial charge in [-0.1, -0.05) is 6.58 Å². The van der Waals surface area contributed by atoms with Crippen LogP contribution in [0, 0.1) is 0 Å². The van der Waals surface area contributed by atoms with E-state index in [1.165, 1.54) is 12.3 Å². The normalized spacial score (nSPS) is 16.5. The van der Waals surface area contributed by atoms with Crippen molar-refractivity contribution in [3.8, 4) is 0 Å². The van der Waals surface area contributed by atoms with Crippen LogP contribution in [0.2, 0.25) is 0 Å². The van der Waals surface area contributed by atoms with Crippen LogP contribution in [0.3, 0.4) is 0 Å². The lowest BCUT2D eigenvalue weighted by atomic mass is 10.4. The maximum Gasteiger partial charge on any atom is 0.367 e. The zero-order valence-electron chi connectivity index (χ0n) is 4.16. The van der Waals surface area contributed by atoms with Crippen molar-refractivity contribution in [2.24, 2.45) is 9.98 Å². The van der Waals surface area contributed by atoms with E-state index in [4.69, 9.17) is 0 Å². The van der Waals surface area contributed by atoms with E-state index in [2.05, 4.69) is 16.6 Å². The first-order valence-electron chi connectivity index (χ1n) is 2.12. The summed E-state index contributed by atoms with van der Waals surface area (Å²) in [5.74, 6) is 0. The van der Waals surface area contributed by atoms with E-state index < -0.39 is 6.03 Å². The van der Waals surface area contributed by atoms with E-state index in [0.717, 1.165) is 0 Å².